The molecule has 0 aliphatic heterocycles. The number of carbonyl (C=O) groups excluding carboxylic acids is 1. The summed E-state index contributed by atoms with van der Waals surface area (Å²) in [5.74, 6) is 0.128. The van der Waals surface area contributed by atoms with Gasteiger partial charge in [0.05, 0.1) is 12.3 Å². The Morgan fingerprint density at radius 3 is 2.30 bits per heavy atom. The molecule has 3 rings (SSSR count). The maximum atomic E-state index is 12.3. The summed E-state index contributed by atoms with van der Waals surface area (Å²) in [5.41, 5.74) is 4.26. The van der Waals surface area contributed by atoms with Gasteiger partial charge in [0.1, 0.15) is 11.0 Å². The fourth-order valence-electron chi connectivity index (χ4n) is 3.72. The van der Waals surface area contributed by atoms with Crippen molar-refractivity contribution < 1.29 is 14.6 Å². The van der Waals surface area contributed by atoms with Gasteiger partial charge >= 0.3 is 5.97 Å². The molecule has 0 amide bonds. The quantitative estimate of drug-likeness (QED) is 0.331. The van der Waals surface area contributed by atoms with Crippen molar-refractivity contribution in [1.29, 1.82) is 0 Å². The van der Waals surface area contributed by atoms with Crippen LogP contribution in [0.4, 0.5) is 0 Å². The van der Waals surface area contributed by atoms with E-state index in [1.165, 1.54) is 6.42 Å². The summed E-state index contributed by atoms with van der Waals surface area (Å²) in [6, 6.07) is 13.7. The zero-order valence-corrected chi connectivity index (χ0v) is 20.5. The third kappa shape index (κ3) is 7.13. The first-order chi connectivity index (χ1) is 15.6. The standard InChI is InChI=1S/C27H37N3O3/c1-19(2)11-7-6-10-14-33-26(32)25(31)17-20-15-21(27(3,4)5)18-22(16-20)30-28-23-12-8-9-13-24(23)29-30/h8-9,12-13,15-16,18-19,25,31H,6-7,10-11,14,17H2,1-5H3. The molecule has 0 saturated carbocycles. The van der Waals surface area contributed by atoms with E-state index in [0.717, 1.165) is 47.1 Å². The molecule has 0 fully saturated rings. The first kappa shape index (κ1) is 24.9. The molecular formula is C27H37N3O3. The first-order valence-corrected chi connectivity index (χ1v) is 11.9. The van der Waals surface area contributed by atoms with Gasteiger partial charge in [-0.2, -0.15) is 4.80 Å². The number of hydrogen-bond acceptors (Lipinski definition) is 5. The smallest absolute Gasteiger partial charge is 0.335 e. The van der Waals surface area contributed by atoms with Crippen LogP contribution in [0.25, 0.3) is 16.7 Å². The number of esters is 1. The monoisotopic (exact) mass is 451 g/mol. The molecule has 1 N–H and O–H groups in total. The second-order valence-electron chi connectivity index (χ2n) is 10.2. The average molecular weight is 452 g/mol. The number of fused-ring (bicyclic) bond motifs is 1. The van der Waals surface area contributed by atoms with Crippen LogP contribution in [0, 0.1) is 5.92 Å². The van der Waals surface area contributed by atoms with Crippen LogP contribution < -0.4 is 0 Å². The van der Waals surface area contributed by atoms with Crippen molar-refractivity contribution in [2.45, 2.75) is 78.2 Å². The molecule has 3 aromatic rings. The third-order valence-corrected chi connectivity index (χ3v) is 5.73. The molecule has 1 atom stereocenters. The second-order valence-corrected chi connectivity index (χ2v) is 10.2. The van der Waals surface area contributed by atoms with Crippen LogP contribution in [0.15, 0.2) is 42.5 Å². The van der Waals surface area contributed by atoms with E-state index < -0.39 is 12.1 Å². The maximum absolute atomic E-state index is 12.3. The van der Waals surface area contributed by atoms with Crippen molar-refractivity contribution in [2.24, 2.45) is 5.92 Å². The lowest BCUT2D eigenvalue weighted by atomic mass is 9.85. The normalized spacial score (nSPS) is 12.9. The van der Waals surface area contributed by atoms with Crippen LogP contribution in [0.3, 0.4) is 0 Å². The Morgan fingerprint density at radius 2 is 1.70 bits per heavy atom. The van der Waals surface area contributed by atoms with Crippen molar-refractivity contribution in [3.63, 3.8) is 0 Å². The molecule has 1 aromatic heterocycles. The van der Waals surface area contributed by atoms with E-state index in [0.29, 0.717) is 12.5 Å². The Hall–Kier alpha value is -2.73. The predicted molar refractivity (Wildman–Crippen MR) is 132 cm³/mol. The predicted octanol–water partition coefficient (Wildman–Crippen LogP) is 5.38. The molecule has 6 heteroatoms. The van der Waals surface area contributed by atoms with E-state index in [9.17, 15) is 9.90 Å². The summed E-state index contributed by atoms with van der Waals surface area (Å²) in [7, 11) is 0. The third-order valence-electron chi connectivity index (χ3n) is 5.73. The molecular weight excluding hydrogens is 414 g/mol. The second kappa shape index (κ2) is 10.9. The minimum atomic E-state index is -1.20. The van der Waals surface area contributed by atoms with E-state index in [-0.39, 0.29) is 11.8 Å². The summed E-state index contributed by atoms with van der Waals surface area (Å²) in [5, 5.41) is 19.7. The van der Waals surface area contributed by atoms with Gasteiger partial charge in [-0.1, -0.05) is 72.1 Å². The lowest BCUT2D eigenvalue weighted by molar-refractivity contribution is -0.153. The molecule has 178 valence electrons. The number of aliphatic hydroxyl groups is 1. The van der Waals surface area contributed by atoms with Crippen molar-refractivity contribution >= 4 is 17.0 Å². The number of benzene rings is 2. The molecule has 0 aliphatic carbocycles. The Labute approximate surface area is 197 Å². The van der Waals surface area contributed by atoms with E-state index >= 15 is 0 Å². The number of ether oxygens (including phenoxy) is 1. The maximum Gasteiger partial charge on any atom is 0.335 e. The lowest BCUT2D eigenvalue weighted by Gasteiger charge is -2.21. The highest BCUT2D eigenvalue weighted by atomic mass is 16.5. The highest BCUT2D eigenvalue weighted by Crippen LogP contribution is 2.27. The summed E-state index contributed by atoms with van der Waals surface area (Å²) in [4.78, 5) is 14.0. The van der Waals surface area contributed by atoms with Gasteiger partial charge < -0.3 is 9.84 Å². The Morgan fingerprint density at radius 1 is 1.03 bits per heavy atom. The number of nitrogens with zero attached hydrogens (tertiary/aromatic N) is 3. The fraction of sp³-hybridized carbons (Fsp3) is 0.519. The summed E-state index contributed by atoms with van der Waals surface area (Å²) in [6.07, 6.45) is 3.16. The molecule has 0 aliphatic rings. The molecule has 0 spiro atoms. The Bertz CT molecular complexity index is 1030. The highest BCUT2D eigenvalue weighted by molar-refractivity contribution is 5.75. The number of aromatic nitrogens is 3. The molecule has 2 aromatic carbocycles. The van der Waals surface area contributed by atoms with Crippen molar-refractivity contribution in [3.05, 3.63) is 53.6 Å². The molecule has 0 saturated heterocycles. The van der Waals surface area contributed by atoms with Crippen LogP contribution >= 0.6 is 0 Å². The topological polar surface area (TPSA) is 77.2 Å². The van der Waals surface area contributed by atoms with Crippen LogP contribution in [0.2, 0.25) is 0 Å². The van der Waals surface area contributed by atoms with Crippen LogP contribution in [-0.2, 0) is 21.4 Å². The van der Waals surface area contributed by atoms with Crippen molar-refractivity contribution in [2.75, 3.05) is 6.61 Å². The fourth-order valence-corrected chi connectivity index (χ4v) is 3.72. The van der Waals surface area contributed by atoms with Gasteiger partial charge in [-0.05, 0) is 53.1 Å². The first-order valence-electron chi connectivity index (χ1n) is 11.9. The summed E-state index contributed by atoms with van der Waals surface area (Å²) < 4.78 is 5.32. The number of rotatable bonds is 10. The van der Waals surface area contributed by atoms with Crippen LogP contribution in [0.5, 0.6) is 0 Å². The number of hydrogen-bond donors (Lipinski definition) is 1. The van der Waals surface area contributed by atoms with E-state index in [2.05, 4.69) is 50.9 Å². The van der Waals surface area contributed by atoms with Gasteiger partial charge in [0.25, 0.3) is 0 Å². The molecule has 0 radical (unpaired) electrons. The van der Waals surface area contributed by atoms with Crippen LogP contribution in [-0.4, -0.2) is 38.8 Å². The summed E-state index contributed by atoms with van der Waals surface area (Å²) in [6.45, 7) is 11.2. The number of aliphatic hydroxyl groups excluding tert-OH is 1. The van der Waals surface area contributed by atoms with Gasteiger partial charge in [-0.25, -0.2) is 4.79 Å². The van der Waals surface area contributed by atoms with E-state index in [1.54, 1.807) is 4.80 Å². The van der Waals surface area contributed by atoms with Crippen LogP contribution in [0.1, 0.15) is 71.4 Å². The lowest BCUT2D eigenvalue weighted by Crippen LogP contribution is -2.26. The molecule has 6 nitrogen and oxygen atoms in total. The van der Waals surface area contributed by atoms with Crippen molar-refractivity contribution in [3.8, 4) is 5.69 Å². The molecule has 1 unspecified atom stereocenters. The average Bonchev–Trinajstić information content (AvgIpc) is 3.19. The minimum Gasteiger partial charge on any atom is -0.464 e. The van der Waals surface area contributed by atoms with Gasteiger partial charge in [-0.15, -0.1) is 10.2 Å². The zero-order chi connectivity index (χ0) is 24.0. The molecule has 1 heterocycles. The number of unbranched alkanes of at least 4 members (excludes halogenated alkanes) is 2. The number of carbonyl (C=O) groups is 1. The van der Waals surface area contributed by atoms with Crippen molar-refractivity contribution in [1.82, 2.24) is 15.0 Å². The minimum absolute atomic E-state index is 0.112. The highest BCUT2D eigenvalue weighted by Gasteiger charge is 2.21. The zero-order valence-electron chi connectivity index (χ0n) is 20.5. The van der Waals surface area contributed by atoms with Gasteiger partial charge in [0.2, 0.25) is 0 Å². The van der Waals surface area contributed by atoms with Gasteiger partial charge in [0.15, 0.2) is 6.10 Å². The summed E-state index contributed by atoms with van der Waals surface area (Å²) >= 11 is 0. The van der Waals surface area contributed by atoms with Gasteiger partial charge in [0, 0.05) is 6.42 Å². The molecule has 33 heavy (non-hydrogen) atoms. The SMILES string of the molecule is CC(C)CCCCCOC(=O)C(O)Cc1cc(-n2nc3ccccc3n2)cc(C(C)(C)C)c1. The Kier molecular flexibility index (Phi) is 8.25. The van der Waals surface area contributed by atoms with E-state index in [4.69, 9.17) is 4.74 Å². The van der Waals surface area contributed by atoms with E-state index in [1.807, 2.05) is 36.4 Å². The largest absolute Gasteiger partial charge is 0.464 e. The van der Waals surface area contributed by atoms with Gasteiger partial charge in [-0.3, -0.25) is 0 Å². The molecule has 0 bridgehead atoms. The Balaban J connectivity index is 1.70.